The van der Waals surface area contributed by atoms with Gasteiger partial charge in [-0.25, -0.2) is 0 Å². The van der Waals surface area contributed by atoms with Gasteiger partial charge < -0.3 is 23.5 Å². The second kappa shape index (κ2) is 3.25. The molecule has 0 saturated heterocycles. The third kappa shape index (κ3) is 5.89. The standard InChI is InChI=1S/C3H10O5Si/c1-3(7-2)8-9(4,5)6/h3-6H,1-2H3. The Labute approximate surface area is 54.0 Å². The molecule has 0 aliphatic carbocycles. The molecule has 0 bridgehead atoms. The van der Waals surface area contributed by atoms with Crippen molar-refractivity contribution in [3.8, 4) is 0 Å². The van der Waals surface area contributed by atoms with Gasteiger partial charge in [-0.2, -0.15) is 0 Å². The molecule has 0 rings (SSSR count). The predicted molar refractivity (Wildman–Crippen MR) is 30.0 cm³/mol. The smallest absolute Gasteiger partial charge is 0.368 e. The van der Waals surface area contributed by atoms with Crippen molar-refractivity contribution in [1.82, 2.24) is 0 Å². The zero-order valence-corrected chi connectivity index (χ0v) is 6.24. The summed E-state index contributed by atoms with van der Waals surface area (Å²) in [6.45, 7) is 1.43. The molecule has 0 aromatic carbocycles. The molecule has 3 N–H and O–H groups in total. The Hall–Kier alpha value is 0.0169. The highest BCUT2D eigenvalue weighted by Gasteiger charge is 2.32. The first-order chi connectivity index (χ1) is 3.95. The molecule has 0 spiro atoms. The maximum absolute atomic E-state index is 8.27. The van der Waals surface area contributed by atoms with Gasteiger partial charge in [-0.15, -0.1) is 0 Å². The van der Waals surface area contributed by atoms with Crippen LogP contribution in [0.4, 0.5) is 0 Å². The van der Waals surface area contributed by atoms with E-state index in [1.54, 1.807) is 0 Å². The van der Waals surface area contributed by atoms with Gasteiger partial charge in [0.2, 0.25) is 0 Å². The van der Waals surface area contributed by atoms with Crippen LogP contribution >= 0.6 is 0 Å². The molecule has 0 saturated carbocycles. The van der Waals surface area contributed by atoms with Gasteiger partial charge in [0.05, 0.1) is 0 Å². The molecule has 0 heterocycles. The van der Waals surface area contributed by atoms with Crippen LogP contribution in [-0.4, -0.2) is 36.8 Å². The van der Waals surface area contributed by atoms with Crippen LogP contribution in [0.5, 0.6) is 0 Å². The van der Waals surface area contributed by atoms with E-state index in [1.165, 1.54) is 14.0 Å². The summed E-state index contributed by atoms with van der Waals surface area (Å²) in [4.78, 5) is 24.8. The quantitative estimate of drug-likeness (QED) is 0.337. The molecule has 1 atom stereocenters. The molecule has 0 amide bonds. The Morgan fingerprint density at radius 1 is 1.33 bits per heavy atom. The van der Waals surface area contributed by atoms with E-state index >= 15 is 0 Å². The minimum atomic E-state index is -4.37. The molecule has 0 radical (unpaired) electrons. The minimum Gasteiger partial charge on any atom is -0.368 e. The molecule has 5 nitrogen and oxygen atoms in total. The van der Waals surface area contributed by atoms with E-state index in [2.05, 4.69) is 9.16 Å². The first-order valence-electron chi connectivity index (χ1n) is 2.33. The number of methoxy groups -OCH3 is 1. The number of hydrogen-bond donors (Lipinski definition) is 3. The highest BCUT2D eigenvalue weighted by molar-refractivity contribution is 6.48. The summed E-state index contributed by atoms with van der Waals surface area (Å²) in [5.74, 6) is 0. The fraction of sp³-hybridized carbons (Fsp3) is 1.00. The fourth-order valence-corrected chi connectivity index (χ4v) is 0.812. The van der Waals surface area contributed by atoms with Crippen LogP contribution in [0.15, 0.2) is 0 Å². The van der Waals surface area contributed by atoms with Gasteiger partial charge in [-0.1, -0.05) is 0 Å². The lowest BCUT2D eigenvalue weighted by Crippen LogP contribution is -2.42. The minimum absolute atomic E-state index is 0.795. The Morgan fingerprint density at radius 2 is 1.78 bits per heavy atom. The third-order valence-corrected chi connectivity index (χ3v) is 1.30. The van der Waals surface area contributed by atoms with Crippen LogP contribution in [0.25, 0.3) is 0 Å². The molecule has 0 aliphatic rings. The number of ether oxygens (including phenoxy) is 1. The first-order valence-corrected chi connectivity index (χ1v) is 4.08. The molecule has 6 heteroatoms. The zero-order chi connectivity index (χ0) is 7.49. The molecule has 0 aromatic heterocycles. The molecular formula is C3H10O5Si. The lowest BCUT2D eigenvalue weighted by Gasteiger charge is -2.14. The largest absolute Gasteiger partial charge is 0.673 e. The highest BCUT2D eigenvalue weighted by Crippen LogP contribution is 1.96. The second-order valence-corrected chi connectivity index (χ2v) is 2.88. The molecule has 0 aliphatic heterocycles. The average molecular weight is 154 g/mol. The monoisotopic (exact) mass is 154 g/mol. The van der Waals surface area contributed by atoms with Gasteiger partial charge in [0.1, 0.15) is 0 Å². The van der Waals surface area contributed by atoms with Crippen molar-refractivity contribution in [2.24, 2.45) is 0 Å². The van der Waals surface area contributed by atoms with E-state index in [0.29, 0.717) is 0 Å². The Bertz CT molecular complexity index is 78.8. The van der Waals surface area contributed by atoms with Crippen molar-refractivity contribution < 1.29 is 23.5 Å². The highest BCUT2D eigenvalue weighted by atomic mass is 28.4. The van der Waals surface area contributed by atoms with E-state index in [4.69, 9.17) is 14.4 Å². The maximum Gasteiger partial charge on any atom is 0.673 e. The van der Waals surface area contributed by atoms with E-state index < -0.39 is 15.3 Å². The van der Waals surface area contributed by atoms with Crippen LogP contribution in [-0.2, 0) is 9.16 Å². The summed E-state index contributed by atoms with van der Waals surface area (Å²) in [6.07, 6.45) is -0.795. The molecular weight excluding hydrogens is 144 g/mol. The van der Waals surface area contributed by atoms with Crippen molar-refractivity contribution in [1.29, 1.82) is 0 Å². The van der Waals surface area contributed by atoms with Crippen molar-refractivity contribution in [3.63, 3.8) is 0 Å². The van der Waals surface area contributed by atoms with Crippen molar-refractivity contribution in [3.05, 3.63) is 0 Å². The van der Waals surface area contributed by atoms with Gasteiger partial charge in [-0.3, -0.25) is 0 Å². The van der Waals surface area contributed by atoms with Gasteiger partial charge in [0.15, 0.2) is 6.29 Å². The first kappa shape index (κ1) is 9.02. The van der Waals surface area contributed by atoms with Crippen molar-refractivity contribution in [2.45, 2.75) is 13.2 Å². The molecule has 1 unspecified atom stereocenters. The SMILES string of the molecule is COC(C)O[Si](O)(O)O. The normalized spacial score (nSPS) is 15.7. The molecule has 9 heavy (non-hydrogen) atoms. The molecule has 0 fully saturated rings. The third-order valence-electron chi connectivity index (χ3n) is 0.656. The number of hydrogen-bond acceptors (Lipinski definition) is 5. The fourth-order valence-electron chi connectivity index (χ4n) is 0.271. The maximum atomic E-state index is 8.27. The van der Waals surface area contributed by atoms with Crippen LogP contribution in [0.1, 0.15) is 6.92 Å². The lowest BCUT2D eigenvalue weighted by atomic mass is 10.8. The van der Waals surface area contributed by atoms with Crippen molar-refractivity contribution in [2.75, 3.05) is 7.11 Å². The Morgan fingerprint density at radius 3 is 1.89 bits per heavy atom. The van der Waals surface area contributed by atoms with Gasteiger partial charge in [0.25, 0.3) is 0 Å². The topological polar surface area (TPSA) is 79.2 Å². The van der Waals surface area contributed by atoms with Crippen LogP contribution in [0, 0.1) is 0 Å². The van der Waals surface area contributed by atoms with E-state index in [1.807, 2.05) is 0 Å². The van der Waals surface area contributed by atoms with E-state index in [0.717, 1.165) is 0 Å². The zero-order valence-electron chi connectivity index (χ0n) is 5.24. The molecule has 0 aromatic rings. The summed E-state index contributed by atoms with van der Waals surface area (Å²) in [6, 6.07) is 0. The lowest BCUT2D eigenvalue weighted by molar-refractivity contribution is -0.0980. The Balaban J connectivity index is 3.47. The Kier molecular flexibility index (Phi) is 3.26. The second-order valence-electron chi connectivity index (χ2n) is 1.50. The van der Waals surface area contributed by atoms with Crippen LogP contribution < -0.4 is 0 Å². The predicted octanol–water partition coefficient (Wildman–Crippen LogP) is -1.59. The van der Waals surface area contributed by atoms with E-state index in [9.17, 15) is 0 Å². The molecule has 56 valence electrons. The van der Waals surface area contributed by atoms with Gasteiger partial charge in [0, 0.05) is 7.11 Å². The van der Waals surface area contributed by atoms with Gasteiger partial charge in [-0.05, 0) is 6.92 Å². The summed E-state index contributed by atoms with van der Waals surface area (Å²) >= 11 is 0. The van der Waals surface area contributed by atoms with Crippen molar-refractivity contribution >= 4 is 9.05 Å². The number of rotatable bonds is 3. The summed E-state index contributed by atoms with van der Waals surface area (Å²) in [5.41, 5.74) is 0. The summed E-state index contributed by atoms with van der Waals surface area (Å²) in [7, 11) is -3.04. The average Bonchev–Trinajstić information content (AvgIpc) is 1.62. The van der Waals surface area contributed by atoms with E-state index in [-0.39, 0.29) is 0 Å². The summed E-state index contributed by atoms with van der Waals surface area (Å²) in [5, 5.41) is 0. The van der Waals surface area contributed by atoms with Crippen LogP contribution in [0.2, 0.25) is 0 Å². The summed E-state index contributed by atoms with van der Waals surface area (Å²) < 4.78 is 8.63. The van der Waals surface area contributed by atoms with Gasteiger partial charge >= 0.3 is 9.05 Å². The van der Waals surface area contributed by atoms with Crippen LogP contribution in [0.3, 0.4) is 0 Å².